The molecule has 0 fully saturated rings. The molecule has 1 atom stereocenters. The molecule has 1 heterocycles. The van der Waals surface area contributed by atoms with Gasteiger partial charge >= 0.3 is 5.97 Å². The number of amides is 2. The topological polar surface area (TPSA) is 121 Å². The number of hydrogen-bond donors (Lipinski definition) is 2. The van der Waals surface area contributed by atoms with Gasteiger partial charge in [-0.25, -0.2) is 9.78 Å². The van der Waals surface area contributed by atoms with Gasteiger partial charge in [-0.3, -0.25) is 9.59 Å². The van der Waals surface area contributed by atoms with Crippen molar-refractivity contribution >= 4 is 35.2 Å². The van der Waals surface area contributed by atoms with Gasteiger partial charge < -0.3 is 20.5 Å². The molecule has 0 aliphatic carbocycles. The molecular weight excluding hydrogens is 362 g/mol. The molecule has 0 radical (unpaired) electrons. The molecule has 1 aromatic heterocycles. The number of nitrogens with one attached hydrogen (secondary N) is 1. The Morgan fingerprint density at radius 1 is 1.19 bits per heavy atom. The summed E-state index contributed by atoms with van der Waals surface area (Å²) in [7, 11) is 0. The number of ether oxygens (including phenoxy) is 2. The molecule has 0 saturated heterocycles. The Bertz CT molecular complexity index is 793. The van der Waals surface area contributed by atoms with Crippen molar-refractivity contribution in [2.75, 3.05) is 11.9 Å². The molecule has 26 heavy (non-hydrogen) atoms. The van der Waals surface area contributed by atoms with Gasteiger partial charge in [-0.2, -0.15) is 0 Å². The first kappa shape index (κ1) is 19.2. The maximum atomic E-state index is 12.1. The molecule has 8 nitrogen and oxygen atoms in total. The lowest BCUT2D eigenvalue weighted by atomic mass is 10.2. The number of primary amides is 1. The molecule has 136 valence electrons. The van der Waals surface area contributed by atoms with Crippen LogP contribution in [0.15, 0.2) is 42.6 Å². The van der Waals surface area contributed by atoms with Gasteiger partial charge in [0.2, 0.25) is 0 Å². The second-order valence-corrected chi connectivity index (χ2v) is 5.61. The maximum Gasteiger partial charge on any atom is 0.338 e. The molecule has 1 aromatic carbocycles. The van der Waals surface area contributed by atoms with E-state index in [1.807, 2.05) is 0 Å². The molecule has 9 heteroatoms. The van der Waals surface area contributed by atoms with E-state index in [0.717, 1.165) is 0 Å². The quantitative estimate of drug-likeness (QED) is 0.709. The second-order valence-electron chi connectivity index (χ2n) is 5.18. The fraction of sp³-hybridized carbons (Fsp3) is 0.176. The Morgan fingerprint density at radius 3 is 2.46 bits per heavy atom. The van der Waals surface area contributed by atoms with Crippen molar-refractivity contribution in [3.05, 3.63) is 53.2 Å². The standard InChI is InChI=1S/C17H16ClN3O5/c1-10(16(23)21-15-7-4-12(18)8-20-15)26-17(24)11-2-5-13(6-3-11)25-9-14(19)22/h2-8,10H,9H2,1H3,(H2,19,22)(H,20,21,23)/t10-/m0/s1. The van der Waals surface area contributed by atoms with Crippen LogP contribution in [0.5, 0.6) is 5.75 Å². The maximum absolute atomic E-state index is 12.1. The smallest absolute Gasteiger partial charge is 0.338 e. The summed E-state index contributed by atoms with van der Waals surface area (Å²) in [4.78, 5) is 38.7. The highest BCUT2D eigenvalue weighted by atomic mass is 35.5. The number of pyridine rings is 1. The van der Waals surface area contributed by atoms with Gasteiger partial charge in [-0.15, -0.1) is 0 Å². The normalized spacial score (nSPS) is 11.3. The van der Waals surface area contributed by atoms with E-state index in [0.29, 0.717) is 16.6 Å². The van der Waals surface area contributed by atoms with E-state index in [2.05, 4.69) is 10.3 Å². The van der Waals surface area contributed by atoms with Crippen LogP contribution in [-0.4, -0.2) is 35.5 Å². The number of aromatic nitrogens is 1. The molecule has 0 aliphatic rings. The first-order valence-corrected chi connectivity index (χ1v) is 7.87. The van der Waals surface area contributed by atoms with Crippen molar-refractivity contribution in [1.29, 1.82) is 0 Å². The van der Waals surface area contributed by atoms with Gasteiger partial charge in [0.1, 0.15) is 11.6 Å². The van der Waals surface area contributed by atoms with Crippen LogP contribution in [0.1, 0.15) is 17.3 Å². The summed E-state index contributed by atoms with van der Waals surface area (Å²) in [5.41, 5.74) is 5.20. The highest BCUT2D eigenvalue weighted by molar-refractivity contribution is 6.30. The Labute approximate surface area is 154 Å². The lowest BCUT2D eigenvalue weighted by Gasteiger charge is -2.13. The van der Waals surface area contributed by atoms with E-state index in [-0.39, 0.29) is 12.2 Å². The van der Waals surface area contributed by atoms with Gasteiger partial charge in [-0.05, 0) is 43.3 Å². The molecule has 0 bridgehead atoms. The fourth-order valence-corrected chi connectivity index (χ4v) is 1.91. The van der Waals surface area contributed by atoms with Crippen molar-refractivity contribution in [1.82, 2.24) is 4.98 Å². The Balaban J connectivity index is 1.90. The summed E-state index contributed by atoms with van der Waals surface area (Å²) in [6.07, 6.45) is 0.348. The minimum atomic E-state index is -1.04. The Morgan fingerprint density at radius 2 is 1.88 bits per heavy atom. The summed E-state index contributed by atoms with van der Waals surface area (Å²) in [5, 5.41) is 2.95. The largest absolute Gasteiger partial charge is 0.484 e. The van der Waals surface area contributed by atoms with Gasteiger partial charge in [0.15, 0.2) is 12.7 Å². The van der Waals surface area contributed by atoms with Crippen molar-refractivity contribution in [3.8, 4) is 5.75 Å². The van der Waals surface area contributed by atoms with E-state index in [1.165, 1.54) is 43.5 Å². The van der Waals surface area contributed by atoms with Crippen LogP contribution in [0.4, 0.5) is 5.82 Å². The molecule has 0 aliphatic heterocycles. The van der Waals surface area contributed by atoms with Crippen molar-refractivity contribution in [3.63, 3.8) is 0 Å². The number of carbonyl (C=O) groups excluding carboxylic acids is 3. The van der Waals surface area contributed by atoms with E-state index in [1.54, 1.807) is 6.07 Å². The first-order valence-electron chi connectivity index (χ1n) is 7.49. The second kappa shape index (κ2) is 8.82. The number of rotatable bonds is 7. The Hall–Kier alpha value is -3.13. The SMILES string of the molecule is C[C@H](OC(=O)c1ccc(OCC(N)=O)cc1)C(=O)Nc1ccc(Cl)cn1. The number of halogens is 1. The average molecular weight is 378 g/mol. The minimum Gasteiger partial charge on any atom is -0.484 e. The zero-order chi connectivity index (χ0) is 19.1. The van der Waals surface area contributed by atoms with Crippen LogP contribution < -0.4 is 15.8 Å². The molecule has 3 N–H and O–H groups in total. The summed E-state index contributed by atoms with van der Waals surface area (Å²) in [6.45, 7) is 1.17. The van der Waals surface area contributed by atoms with Crippen LogP contribution in [-0.2, 0) is 14.3 Å². The van der Waals surface area contributed by atoms with Crippen LogP contribution in [0.3, 0.4) is 0 Å². The highest BCUT2D eigenvalue weighted by Crippen LogP contribution is 2.14. The third-order valence-electron chi connectivity index (χ3n) is 3.10. The van der Waals surface area contributed by atoms with Crippen LogP contribution in [0.2, 0.25) is 5.02 Å². The molecule has 2 rings (SSSR count). The summed E-state index contributed by atoms with van der Waals surface area (Å²) in [5.74, 6) is -1.16. The van der Waals surface area contributed by atoms with Crippen LogP contribution in [0.25, 0.3) is 0 Å². The van der Waals surface area contributed by atoms with Crippen molar-refractivity contribution in [2.24, 2.45) is 5.73 Å². The molecule has 0 saturated carbocycles. The number of anilines is 1. The molecule has 0 unspecified atom stereocenters. The predicted molar refractivity (Wildman–Crippen MR) is 93.9 cm³/mol. The third kappa shape index (κ3) is 5.75. The van der Waals surface area contributed by atoms with E-state index < -0.39 is 23.9 Å². The van der Waals surface area contributed by atoms with Crippen LogP contribution in [0, 0.1) is 0 Å². The van der Waals surface area contributed by atoms with E-state index in [9.17, 15) is 14.4 Å². The zero-order valence-electron chi connectivity index (χ0n) is 13.8. The predicted octanol–water partition coefficient (Wildman–Crippen LogP) is 1.78. The lowest BCUT2D eigenvalue weighted by molar-refractivity contribution is -0.123. The fourth-order valence-electron chi connectivity index (χ4n) is 1.80. The highest BCUT2D eigenvalue weighted by Gasteiger charge is 2.19. The monoisotopic (exact) mass is 377 g/mol. The van der Waals surface area contributed by atoms with Crippen LogP contribution >= 0.6 is 11.6 Å². The average Bonchev–Trinajstić information content (AvgIpc) is 2.62. The lowest BCUT2D eigenvalue weighted by Crippen LogP contribution is -2.30. The zero-order valence-corrected chi connectivity index (χ0v) is 14.5. The number of esters is 1. The van der Waals surface area contributed by atoms with Gasteiger partial charge in [0, 0.05) is 6.20 Å². The van der Waals surface area contributed by atoms with Gasteiger partial charge in [0.05, 0.1) is 10.6 Å². The van der Waals surface area contributed by atoms with Gasteiger partial charge in [0.25, 0.3) is 11.8 Å². The Kier molecular flexibility index (Phi) is 6.51. The minimum absolute atomic E-state index is 0.223. The molecule has 2 aromatic rings. The van der Waals surface area contributed by atoms with Crippen molar-refractivity contribution in [2.45, 2.75) is 13.0 Å². The van der Waals surface area contributed by atoms with Gasteiger partial charge in [-0.1, -0.05) is 11.6 Å². The number of nitrogens with two attached hydrogens (primary N) is 1. The van der Waals surface area contributed by atoms with E-state index >= 15 is 0 Å². The summed E-state index contributed by atoms with van der Waals surface area (Å²) < 4.78 is 10.2. The third-order valence-corrected chi connectivity index (χ3v) is 3.33. The first-order chi connectivity index (χ1) is 12.3. The number of hydrogen-bond acceptors (Lipinski definition) is 6. The number of nitrogens with zero attached hydrogens (tertiary/aromatic N) is 1. The summed E-state index contributed by atoms with van der Waals surface area (Å²) in [6, 6.07) is 8.97. The summed E-state index contributed by atoms with van der Waals surface area (Å²) >= 11 is 5.72. The van der Waals surface area contributed by atoms with E-state index in [4.69, 9.17) is 26.8 Å². The van der Waals surface area contributed by atoms with Crippen molar-refractivity contribution < 1.29 is 23.9 Å². The number of benzene rings is 1. The number of carbonyl (C=O) groups is 3. The molecule has 2 amide bonds. The molecular formula is C17H16ClN3O5. The molecule has 0 spiro atoms.